The van der Waals surface area contributed by atoms with Gasteiger partial charge in [0.1, 0.15) is 8.24 Å². The standard InChI is InChI=1S/C11H23NSi/c1-7-9-13(6,10-8-2)12-11(3,4)5/h7-8,12H,1-2,9-10H2,3-6H3. The lowest BCUT2D eigenvalue weighted by atomic mass is 10.1. The second-order valence-electron chi connectivity index (χ2n) is 4.92. The third-order valence-corrected chi connectivity index (χ3v) is 5.60. The van der Waals surface area contributed by atoms with Crippen LogP contribution >= 0.6 is 0 Å². The summed E-state index contributed by atoms with van der Waals surface area (Å²) in [5.41, 5.74) is 0.201. The fourth-order valence-electron chi connectivity index (χ4n) is 1.73. The zero-order valence-electron chi connectivity index (χ0n) is 9.48. The predicted octanol–water partition coefficient (Wildman–Crippen LogP) is 3.32. The van der Waals surface area contributed by atoms with E-state index in [1.54, 1.807) is 0 Å². The minimum atomic E-state index is -1.37. The van der Waals surface area contributed by atoms with E-state index in [1.807, 2.05) is 12.2 Å². The van der Waals surface area contributed by atoms with Crippen molar-refractivity contribution in [3.63, 3.8) is 0 Å². The van der Waals surface area contributed by atoms with E-state index >= 15 is 0 Å². The maximum absolute atomic E-state index is 3.82. The first-order chi connectivity index (χ1) is 5.83. The zero-order valence-corrected chi connectivity index (χ0v) is 10.5. The van der Waals surface area contributed by atoms with Crippen molar-refractivity contribution in [3.8, 4) is 0 Å². The van der Waals surface area contributed by atoms with Crippen LogP contribution in [0, 0.1) is 0 Å². The molecule has 2 heteroatoms. The van der Waals surface area contributed by atoms with Crippen molar-refractivity contribution in [2.24, 2.45) is 0 Å². The molecule has 0 spiro atoms. The number of allylic oxidation sites excluding steroid dienone is 2. The van der Waals surface area contributed by atoms with Crippen LogP contribution in [0.4, 0.5) is 0 Å². The van der Waals surface area contributed by atoms with Crippen LogP contribution in [-0.2, 0) is 0 Å². The van der Waals surface area contributed by atoms with E-state index in [0.29, 0.717) is 0 Å². The van der Waals surface area contributed by atoms with Crippen LogP contribution in [0.3, 0.4) is 0 Å². The summed E-state index contributed by atoms with van der Waals surface area (Å²) in [5.74, 6) is 0. The Morgan fingerprint density at radius 2 is 1.54 bits per heavy atom. The molecule has 1 nitrogen and oxygen atoms in total. The van der Waals surface area contributed by atoms with E-state index in [1.165, 1.54) is 0 Å². The topological polar surface area (TPSA) is 12.0 Å². The second-order valence-corrected chi connectivity index (χ2v) is 9.11. The molecule has 1 N–H and O–H groups in total. The van der Waals surface area contributed by atoms with Crippen molar-refractivity contribution in [3.05, 3.63) is 25.3 Å². The predicted molar refractivity (Wildman–Crippen MR) is 64.5 cm³/mol. The van der Waals surface area contributed by atoms with E-state index < -0.39 is 8.24 Å². The highest BCUT2D eigenvalue weighted by molar-refractivity contribution is 6.77. The Labute approximate surface area is 84.0 Å². The van der Waals surface area contributed by atoms with Crippen LogP contribution in [0.15, 0.2) is 25.3 Å². The number of rotatable bonds is 5. The quantitative estimate of drug-likeness (QED) is 0.526. The van der Waals surface area contributed by atoms with Gasteiger partial charge in [0.2, 0.25) is 0 Å². The first kappa shape index (κ1) is 12.7. The summed E-state index contributed by atoms with van der Waals surface area (Å²) >= 11 is 0. The van der Waals surface area contributed by atoms with Crippen molar-refractivity contribution < 1.29 is 0 Å². The molecule has 0 aliphatic heterocycles. The number of hydrogen-bond donors (Lipinski definition) is 1. The molecule has 0 aromatic rings. The first-order valence-electron chi connectivity index (χ1n) is 4.84. The molecule has 0 radical (unpaired) electrons. The van der Waals surface area contributed by atoms with Gasteiger partial charge in [-0.3, -0.25) is 0 Å². The Morgan fingerprint density at radius 3 is 1.77 bits per heavy atom. The molecule has 0 aromatic heterocycles. The molecule has 0 bridgehead atoms. The van der Waals surface area contributed by atoms with Gasteiger partial charge in [0, 0.05) is 5.54 Å². The van der Waals surface area contributed by atoms with E-state index in [2.05, 4.69) is 45.5 Å². The van der Waals surface area contributed by atoms with Gasteiger partial charge in [-0.25, -0.2) is 0 Å². The van der Waals surface area contributed by atoms with Crippen molar-refractivity contribution >= 4 is 8.24 Å². The summed E-state index contributed by atoms with van der Waals surface area (Å²) in [7, 11) is -1.37. The fourth-order valence-corrected chi connectivity index (χ4v) is 5.18. The van der Waals surface area contributed by atoms with E-state index in [-0.39, 0.29) is 5.54 Å². The molecule has 0 aliphatic carbocycles. The Kier molecular flexibility index (Phi) is 4.65. The summed E-state index contributed by atoms with van der Waals surface area (Å²) in [6.07, 6.45) is 4.04. The van der Waals surface area contributed by atoms with Crippen LogP contribution in [0.5, 0.6) is 0 Å². The zero-order chi connectivity index (χ0) is 10.5. The molecule has 0 saturated carbocycles. The summed E-state index contributed by atoms with van der Waals surface area (Å²) < 4.78 is 0. The highest BCUT2D eigenvalue weighted by Gasteiger charge is 2.28. The highest BCUT2D eigenvalue weighted by atomic mass is 28.3. The lowest BCUT2D eigenvalue weighted by Gasteiger charge is -2.34. The maximum atomic E-state index is 3.82. The number of hydrogen-bond acceptors (Lipinski definition) is 1. The summed E-state index contributed by atoms with van der Waals surface area (Å²) in [4.78, 5) is 3.73. The van der Waals surface area contributed by atoms with Crippen molar-refractivity contribution in [1.29, 1.82) is 0 Å². The van der Waals surface area contributed by atoms with Crippen LogP contribution in [0.25, 0.3) is 0 Å². The summed E-state index contributed by atoms with van der Waals surface area (Å²) in [6, 6.07) is 2.21. The largest absolute Gasteiger partial charge is 0.332 e. The van der Waals surface area contributed by atoms with Gasteiger partial charge in [0.05, 0.1) is 0 Å². The minimum absolute atomic E-state index is 0.201. The van der Waals surface area contributed by atoms with Gasteiger partial charge in [0.25, 0.3) is 0 Å². The van der Waals surface area contributed by atoms with E-state index in [0.717, 1.165) is 12.1 Å². The first-order valence-corrected chi connectivity index (χ1v) is 7.75. The molecule has 0 fully saturated rings. The average molecular weight is 197 g/mol. The van der Waals surface area contributed by atoms with Crippen molar-refractivity contribution in [2.45, 2.75) is 44.9 Å². The smallest absolute Gasteiger partial charge is 0.130 e. The van der Waals surface area contributed by atoms with Crippen LogP contribution in [-0.4, -0.2) is 13.8 Å². The van der Waals surface area contributed by atoms with Gasteiger partial charge in [-0.05, 0) is 32.9 Å². The SMILES string of the molecule is C=CC[Si](C)(CC=C)NC(C)(C)C. The summed E-state index contributed by atoms with van der Waals surface area (Å²) in [5, 5.41) is 0. The molecule has 0 atom stereocenters. The van der Waals surface area contributed by atoms with Crippen molar-refractivity contribution in [1.82, 2.24) is 4.98 Å². The molecular weight excluding hydrogens is 174 g/mol. The molecule has 0 amide bonds. The molecule has 0 aliphatic rings. The van der Waals surface area contributed by atoms with Gasteiger partial charge in [-0.1, -0.05) is 18.7 Å². The normalized spacial score (nSPS) is 12.6. The third-order valence-electron chi connectivity index (χ3n) is 1.87. The van der Waals surface area contributed by atoms with Gasteiger partial charge in [0.15, 0.2) is 0 Å². The lowest BCUT2D eigenvalue weighted by molar-refractivity contribution is 0.511. The van der Waals surface area contributed by atoms with E-state index in [4.69, 9.17) is 0 Å². The Bertz CT molecular complexity index is 169. The van der Waals surface area contributed by atoms with Crippen LogP contribution in [0.2, 0.25) is 18.6 Å². The molecule has 13 heavy (non-hydrogen) atoms. The maximum Gasteiger partial charge on any atom is 0.130 e. The minimum Gasteiger partial charge on any atom is -0.332 e. The molecule has 0 saturated heterocycles. The van der Waals surface area contributed by atoms with Gasteiger partial charge in [-0.2, -0.15) is 0 Å². The van der Waals surface area contributed by atoms with Gasteiger partial charge >= 0.3 is 0 Å². The Morgan fingerprint density at radius 1 is 1.15 bits per heavy atom. The molecule has 0 rings (SSSR count). The Hall–Kier alpha value is -0.343. The van der Waals surface area contributed by atoms with E-state index in [9.17, 15) is 0 Å². The monoisotopic (exact) mass is 197 g/mol. The molecule has 0 aromatic carbocycles. The van der Waals surface area contributed by atoms with Crippen LogP contribution in [0.1, 0.15) is 20.8 Å². The van der Waals surface area contributed by atoms with Crippen LogP contribution < -0.4 is 4.98 Å². The fraction of sp³-hybridized carbons (Fsp3) is 0.636. The molecular formula is C11H23NSi. The summed E-state index contributed by atoms with van der Waals surface area (Å²) in [6.45, 7) is 16.6. The second kappa shape index (κ2) is 4.77. The molecule has 0 heterocycles. The highest BCUT2D eigenvalue weighted by Crippen LogP contribution is 2.17. The lowest BCUT2D eigenvalue weighted by Crippen LogP contribution is -2.55. The van der Waals surface area contributed by atoms with Gasteiger partial charge < -0.3 is 4.98 Å². The third kappa shape index (κ3) is 5.83. The van der Waals surface area contributed by atoms with Gasteiger partial charge in [-0.15, -0.1) is 13.2 Å². The number of nitrogens with one attached hydrogen (secondary N) is 1. The average Bonchev–Trinajstić information content (AvgIpc) is 1.82. The Balaban J connectivity index is 4.39. The molecule has 0 unspecified atom stereocenters. The van der Waals surface area contributed by atoms with Crippen molar-refractivity contribution in [2.75, 3.05) is 0 Å². The molecule has 76 valence electrons.